The van der Waals surface area contributed by atoms with E-state index in [4.69, 9.17) is 4.74 Å². The van der Waals surface area contributed by atoms with Crippen molar-refractivity contribution in [3.05, 3.63) is 66.0 Å². The van der Waals surface area contributed by atoms with Gasteiger partial charge in [0.2, 0.25) is 10.0 Å². The van der Waals surface area contributed by atoms with Crippen molar-refractivity contribution in [1.82, 2.24) is 9.62 Å². The molecule has 0 spiro atoms. The summed E-state index contributed by atoms with van der Waals surface area (Å²) in [5, 5.41) is 0. The monoisotopic (exact) mass is 364 g/mol. The van der Waals surface area contributed by atoms with Gasteiger partial charge in [-0.1, -0.05) is 36.4 Å². The summed E-state index contributed by atoms with van der Waals surface area (Å²) >= 11 is 0. The van der Waals surface area contributed by atoms with Crippen LogP contribution >= 0.6 is 0 Å². The molecule has 0 amide bonds. The van der Waals surface area contributed by atoms with Crippen LogP contribution in [0.25, 0.3) is 0 Å². The average molecular weight is 364 g/mol. The van der Waals surface area contributed by atoms with Crippen molar-refractivity contribution in [1.29, 1.82) is 0 Å². The molecule has 25 heavy (non-hydrogen) atoms. The number of hydrogen-bond donors (Lipinski definition) is 1. The van der Waals surface area contributed by atoms with Gasteiger partial charge in [-0.2, -0.15) is 0 Å². The van der Waals surface area contributed by atoms with Crippen molar-refractivity contribution in [2.45, 2.75) is 17.5 Å². The number of halogens is 1. The van der Waals surface area contributed by atoms with Crippen molar-refractivity contribution in [2.24, 2.45) is 0 Å². The number of benzene rings is 2. The van der Waals surface area contributed by atoms with Crippen molar-refractivity contribution in [3.63, 3.8) is 0 Å². The largest absolute Gasteiger partial charge is 0.374 e. The maximum absolute atomic E-state index is 13.2. The molecule has 1 atom stereocenters. The third-order valence-corrected chi connectivity index (χ3v) is 5.50. The van der Waals surface area contributed by atoms with Gasteiger partial charge in [0.1, 0.15) is 5.82 Å². The second kappa shape index (κ2) is 8.05. The molecule has 2 aromatic carbocycles. The van der Waals surface area contributed by atoms with Gasteiger partial charge in [0.05, 0.1) is 17.6 Å². The zero-order chi connectivity index (χ0) is 17.7. The van der Waals surface area contributed by atoms with Crippen molar-refractivity contribution >= 4 is 10.0 Å². The van der Waals surface area contributed by atoms with Crippen LogP contribution in [0.3, 0.4) is 0 Å². The van der Waals surface area contributed by atoms with Crippen LogP contribution in [0.4, 0.5) is 4.39 Å². The molecule has 134 valence electrons. The highest BCUT2D eigenvalue weighted by molar-refractivity contribution is 7.89. The summed E-state index contributed by atoms with van der Waals surface area (Å²) in [6, 6.07) is 15.1. The lowest BCUT2D eigenvalue weighted by Crippen LogP contribution is -2.47. The Balaban J connectivity index is 1.56. The molecule has 1 aliphatic heterocycles. The topological polar surface area (TPSA) is 58.6 Å². The van der Waals surface area contributed by atoms with Gasteiger partial charge in [0, 0.05) is 26.2 Å². The fourth-order valence-electron chi connectivity index (χ4n) is 2.81. The van der Waals surface area contributed by atoms with Crippen molar-refractivity contribution in [2.75, 3.05) is 26.2 Å². The maximum Gasteiger partial charge on any atom is 0.240 e. The molecule has 0 bridgehead atoms. The fourth-order valence-corrected chi connectivity index (χ4v) is 3.91. The molecular weight excluding hydrogens is 343 g/mol. The molecule has 0 saturated carbocycles. The lowest BCUT2D eigenvalue weighted by molar-refractivity contribution is -0.0276. The minimum absolute atomic E-state index is 0.0792. The molecule has 1 fully saturated rings. The summed E-state index contributed by atoms with van der Waals surface area (Å²) in [6.45, 7) is 2.96. The lowest BCUT2D eigenvalue weighted by Gasteiger charge is -2.33. The first-order chi connectivity index (χ1) is 12.0. The first-order valence-corrected chi connectivity index (χ1v) is 9.64. The van der Waals surface area contributed by atoms with Crippen LogP contribution in [0.15, 0.2) is 59.5 Å². The minimum Gasteiger partial charge on any atom is -0.374 e. The molecule has 7 heteroatoms. The van der Waals surface area contributed by atoms with Gasteiger partial charge >= 0.3 is 0 Å². The number of hydrogen-bond acceptors (Lipinski definition) is 4. The lowest BCUT2D eigenvalue weighted by atomic mass is 10.2. The summed E-state index contributed by atoms with van der Waals surface area (Å²) in [4.78, 5) is 2.16. The summed E-state index contributed by atoms with van der Waals surface area (Å²) in [5.41, 5.74) is 1.21. The smallest absolute Gasteiger partial charge is 0.240 e. The van der Waals surface area contributed by atoms with Gasteiger partial charge in [-0.05, 0) is 23.8 Å². The van der Waals surface area contributed by atoms with Crippen LogP contribution in [0, 0.1) is 5.82 Å². The second-order valence-electron chi connectivity index (χ2n) is 6.02. The van der Waals surface area contributed by atoms with Crippen LogP contribution in [-0.2, 0) is 21.3 Å². The van der Waals surface area contributed by atoms with E-state index in [-0.39, 0.29) is 17.5 Å². The third kappa shape index (κ3) is 5.09. The van der Waals surface area contributed by atoms with E-state index in [0.29, 0.717) is 13.2 Å². The Bertz CT molecular complexity index is 799. The van der Waals surface area contributed by atoms with Crippen LogP contribution in [0.1, 0.15) is 5.56 Å². The van der Waals surface area contributed by atoms with Crippen molar-refractivity contribution in [3.8, 4) is 0 Å². The van der Waals surface area contributed by atoms with E-state index < -0.39 is 15.8 Å². The summed E-state index contributed by atoms with van der Waals surface area (Å²) in [6.07, 6.45) is -0.235. The Kier molecular flexibility index (Phi) is 5.80. The van der Waals surface area contributed by atoms with Crippen molar-refractivity contribution < 1.29 is 17.5 Å². The highest BCUT2D eigenvalue weighted by atomic mass is 32.2. The molecule has 5 nitrogen and oxygen atoms in total. The van der Waals surface area contributed by atoms with Crippen LogP contribution < -0.4 is 4.72 Å². The fraction of sp³-hybridized carbons (Fsp3) is 0.333. The van der Waals surface area contributed by atoms with E-state index in [2.05, 4.69) is 21.8 Å². The van der Waals surface area contributed by atoms with E-state index in [1.54, 1.807) is 0 Å². The number of morpholine rings is 1. The normalized spacial score (nSPS) is 19.0. The number of rotatable bonds is 6. The molecular formula is C18H21FN2O3S. The molecule has 1 aliphatic rings. The van der Waals surface area contributed by atoms with E-state index in [1.807, 2.05) is 18.2 Å². The Labute approximate surface area is 147 Å². The summed E-state index contributed by atoms with van der Waals surface area (Å²) in [7, 11) is -3.75. The first kappa shape index (κ1) is 18.0. The molecule has 1 heterocycles. The highest BCUT2D eigenvalue weighted by Gasteiger charge is 2.23. The van der Waals surface area contributed by atoms with Gasteiger partial charge in [-0.3, -0.25) is 4.90 Å². The number of nitrogens with one attached hydrogen (secondary N) is 1. The van der Waals surface area contributed by atoms with E-state index in [9.17, 15) is 12.8 Å². The number of nitrogens with zero attached hydrogens (tertiary/aromatic N) is 1. The zero-order valence-corrected chi connectivity index (χ0v) is 14.6. The average Bonchev–Trinajstić information content (AvgIpc) is 2.61. The molecule has 0 aromatic heterocycles. The molecule has 0 aliphatic carbocycles. The quantitative estimate of drug-likeness (QED) is 0.852. The molecule has 1 N–H and O–H groups in total. The minimum atomic E-state index is -3.75. The van der Waals surface area contributed by atoms with Gasteiger partial charge in [-0.15, -0.1) is 0 Å². The van der Waals surface area contributed by atoms with E-state index in [0.717, 1.165) is 19.2 Å². The molecule has 1 saturated heterocycles. The first-order valence-electron chi connectivity index (χ1n) is 8.16. The van der Waals surface area contributed by atoms with Crippen LogP contribution in [-0.4, -0.2) is 45.7 Å². The molecule has 0 unspecified atom stereocenters. The zero-order valence-electron chi connectivity index (χ0n) is 13.8. The van der Waals surface area contributed by atoms with Crippen LogP contribution in [0.5, 0.6) is 0 Å². The standard InChI is InChI=1S/C18H21FN2O3S/c19-16-7-4-8-18(11-16)25(22,23)20-12-17-14-21(9-10-24-17)13-15-5-2-1-3-6-15/h1-8,11,17,20H,9-10,12-14H2/t17-/m1/s1. The summed E-state index contributed by atoms with van der Waals surface area (Å²) in [5.74, 6) is -0.578. The van der Waals surface area contributed by atoms with Gasteiger partial charge < -0.3 is 4.74 Å². The van der Waals surface area contributed by atoms with Gasteiger partial charge in [0.25, 0.3) is 0 Å². The predicted molar refractivity (Wildman–Crippen MR) is 93.0 cm³/mol. The highest BCUT2D eigenvalue weighted by Crippen LogP contribution is 2.13. The summed E-state index contributed by atoms with van der Waals surface area (Å²) < 4.78 is 45.9. The Hall–Kier alpha value is -1.80. The second-order valence-corrected chi connectivity index (χ2v) is 7.79. The molecule has 3 rings (SSSR count). The number of sulfonamides is 1. The molecule has 2 aromatic rings. The number of ether oxygens (including phenoxy) is 1. The van der Waals surface area contributed by atoms with Gasteiger partial charge in [-0.25, -0.2) is 17.5 Å². The third-order valence-electron chi connectivity index (χ3n) is 4.08. The maximum atomic E-state index is 13.2. The molecule has 0 radical (unpaired) electrons. The van der Waals surface area contributed by atoms with E-state index in [1.165, 1.54) is 23.8 Å². The SMILES string of the molecule is O=S(=O)(NC[C@@H]1CN(Cc2ccccc2)CCO1)c1cccc(F)c1. The Morgan fingerprint density at radius 2 is 1.96 bits per heavy atom. The predicted octanol–water partition coefficient (Wildman–Crippen LogP) is 2.00. The van der Waals surface area contributed by atoms with Crippen LogP contribution in [0.2, 0.25) is 0 Å². The Morgan fingerprint density at radius 3 is 2.72 bits per heavy atom. The van der Waals surface area contributed by atoms with E-state index >= 15 is 0 Å². The van der Waals surface area contributed by atoms with Gasteiger partial charge in [0.15, 0.2) is 0 Å². The Morgan fingerprint density at radius 1 is 1.16 bits per heavy atom.